The highest BCUT2D eigenvalue weighted by molar-refractivity contribution is 7.99. The van der Waals surface area contributed by atoms with Gasteiger partial charge in [-0.1, -0.05) is 35.0 Å². The number of carbonyl (C=O) groups is 2. The topological polar surface area (TPSA) is 97.1 Å². The molecule has 1 aromatic heterocycles. The number of nitrogens with one attached hydrogen (secondary N) is 1. The van der Waals surface area contributed by atoms with Gasteiger partial charge < -0.3 is 10.4 Å². The fourth-order valence-electron chi connectivity index (χ4n) is 1.94. The molecule has 0 fully saturated rings. The first-order valence-electron chi connectivity index (χ1n) is 7.04. The second-order valence-electron chi connectivity index (χ2n) is 5.06. The molecule has 2 rings (SSSR count). The van der Waals surface area contributed by atoms with Crippen LogP contribution in [0, 0.1) is 6.92 Å². The van der Waals surface area contributed by atoms with Gasteiger partial charge in [0, 0.05) is 5.75 Å². The maximum Gasteiger partial charge on any atom is 0.325 e. The lowest BCUT2D eigenvalue weighted by molar-refractivity contribution is -0.137. The number of carboxylic acid groups (broad SMARTS) is 1. The first-order valence-corrected chi connectivity index (χ1v) is 8.19. The van der Waals surface area contributed by atoms with Gasteiger partial charge in [0.05, 0.1) is 18.5 Å². The molecule has 122 valence electrons. The molecular formula is C15H18N4O3S. The number of aromatic nitrogens is 3. The first-order chi connectivity index (χ1) is 11.0. The van der Waals surface area contributed by atoms with E-state index in [9.17, 15) is 9.59 Å². The van der Waals surface area contributed by atoms with Crippen molar-refractivity contribution in [2.75, 3.05) is 5.75 Å². The lowest BCUT2D eigenvalue weighted by Crippen LogP contribution is -2.24. The third-order valence-corrected chi connectivity index (χ3v) is 3.94. The van der Waals surface area contributed by atoms with Crippen LogP contribution in [0.1, 0.15) is 16.8 Å². The standard InChI is InChI=1S/C15H18N4O3S/c1-11-3-2-4-12(5-11)9-23-10-14(20)16-6-13-7-19(18-17-13)8-15(21)22/h2-5,7H,6,8-10H2,1H3,(H,16,20)(H,21,22). The van der Waals surface area contributed by atoms with Crippen molar-refractivity contribution in [2.45, 2.75) is 25.8 Å². The molecular weight excluding hydrogens is 316 g/mol. The van der Waals surface area contributed by atoms with Crippen LogP contribution in [0.15, 0.2) is 30.5 Å². The molecule has 0 aliphatic heterocycles. The van der Waals surface area contributed by atoms with Crippen molar-refractivity contribution >= 4 is 23.6 Å². The molecule has 1 aromatic carbocycles. The molecule has 0 unspecified atom stereocenters. The molecule has 7 nitrogen and oxygen atoms in total. The van der Waals surface area contributed by atoms with Crippen molar-refractivity contribution in [2.24, 2.45) is 0 Å². The van der Waals surface area contributed by atoms with Gasteiger partial charge in [0.25, 0.3) is 0 Å². The number of benzene rings is 1. The van der Waals surface area contributed by atoms with E-state index in [4.69, 9.17) is 5.11 Å². The van der Waals surface area contributed by atoms with Gasteiger partial charge in [-0.3, -0.25) is 9.59 Å². The summed E-state index contributed by atoms with van der Waals surface area (Å²) in [6, 6.07) is 8.19. The maximum absolute atomic E-state index is 11.8. The van der Waals surface area contributed by atoms with Crippen molar-refractivity contribution < 1.29 is 14.7 Å². The Morgan fingerprint density at radius 1 is 1.39 bits per heavy atom. The van der Waals surface area contributed by atoms with Crippen LogP contribution in [0.5, 0.6) is 0 Å². The van der Waals surface area contributed by atoms with E-state index in [1.165, 1.54) is 22.0 Å². The van der Waals surface area contributed by atoms with E-state index < -0.39 is 5.97 Å². The van der Waals surface area contributed by atoms with E-state index in [0.29, 0.717) is 11.4 Å². The van der Waals surface area contributed by atoms with Gasteiger partial charge in [-0.15, -0.1) is 16.9 Å². The van der Waals surface area contributed by atoms with E-state index in [0.717, 1.165) is 5.75 Å². The number of rotatable bonds is 8. The summed E-state index contributed by atoms with van der Waals surface area (Å²) in [5.41, 5.74) is 2.93. The van der Waals surface area contributed by atoms with Crippen LogP contribution in [0.3, 0.4) is 0 Å². The zero-order valence-corrected chi connectivity index (χ0v) is 13.5. The zero-order valence-electron chi connectivity index (χ0n) is 12.7. The van der Waals surface area contributed by atoms with Crippen LogP contribution in [0.25, 0.3) is 0 Å². The molecule has 1 heterocycles. The second kappa shape index (κ2) is 8.33. The fraction of sp³-hybridized carbons (Fsp3) is 0.333. The summed E-state index contributed by atoms with van der Waals surface area (Å²) < 4.78 is 1.22. The van der Waals surface area contributed by atoms with E-state index >= 15 is 0 Å². The molecule has 2 N–H and O–H groups in total. The predicted octanol–water partition coefficient (Wildman–Crippen LogP) is 1.22. The van der Waals surface area contributed by atoms with Crippen molar-refractivity contribution in [3.63, 3.8) is 0 Å². The summed E-state index contributed by atoms with van der Waals surface area (Å²) >= 11 is 1.54. The highest BCUT2D eigenvalue weighted by atomic mass is 32.2. The third-order valence-electron chi connectivity index (χ3n) is 2.93. The number of nitrogens with zero attached hydrogens (tertiary/aromatic N) is 3. The fourth-order valence-corrected chi connectivity index (χ4v) is 2.74. The SMILES string of the molecule is Cc1cccc(CSCC(=O)NCc2cn(CC(=O)O)nn2)c1. The molecule has 0 radical (unpaired) electrons. The van der Waals surface area contributed by atoms with E-state index in [1.807, 2.05) is 25.1 Å². The maximum atomic E-state index is 11.8. The van der Waals surface area contributed by atoms with Gasteiger partial charge in [-0.05, 0) is 12.5 Å². The van der Waals surface area contributed by atoms with Crippen molar-refractivity contribution in [1.29, 1.82) is 0 Å². The Bertz CT molecular complexity index is 687. The molecule has 0 aliphatic carbocycles. The highest BCUT2D eigenvalue weighted by Gasteiger charge is 2.06. The van der Waals surface area contributed by atoms with Crippen LogP contribution in [-0.2, 0) is 28.4 Å². The molecule has 0 aliphatic rings. The Kier molecular flexibility index (Phi) is 6.16. The van der Waals surface area contributed by atoms with Gasteiger partial charge in [-0.25, -0.2) is 4.68 Å². The average Bonchev–Trinajstić information content (AvgIpc) is 2.92. The number of hydrogen-bond acceptors (Lipinski definition) is 5. The average molecular weight is 334 g/mol. The summed E-state index contributed by atoms with van der Waals surface area (Å²) in [4.78, 5) is 22.3. The van der Waals surface area contributed by atoms with Crippen molar-refractivity contribution in [3.8, 4) is 0 Å². The normalized spacial score (nSPS) is 10.5. The van der Waals surface area contributed by atoms with E-state index in [2.05, 4.69) is 21.7 Å². The molecule has 8 heteroatoms. The highest BCUT2D eigenvalue weighted by Crippen LogP contribution is 2.13. The molecule has 1 amide bonds. The number of aliphatic carboxylic acids is 1. The number of carbonyl (C=O) groups excluding carboxylic acids is 1. The summed E-state index contributed by atoms with van der Waals surface area (Å²) in [5, 5.41) is 18.9. The molecule has 23 heavy (non-hydrogen) atoms. The third kappa shape index (κ3) is 6.11. The quantitative estimate of drug-likeness (QED) is 0.753. The summed E-state index contributed by atoms with van der Waals surface area (Å²) in [7, 11) is 0. The van der Waals surface area contributed by atoms with Crippen LogP contribution >= 0.6 is 11.8 Å². The summed E-state index contributed by atoms with van der Waals surface area (Å²) in [5.74, 6) is 0.0645. The Hall–Kier alpha value is -2.35. The van der Waals surface area contributed by atoms with Gasteiger partial charge in [0.2, 0.25) is 5.91 Å². The number of thioether (sulfide) groups is 1. The minimum atomic E-state index is -0.988. The Labute approximate surface area is 138 Å². The van der Waals surface area contributed by atoms with E-state index in [-0.39, 0.29) is 19.0 Å². The monoisotopic (exact) mass is 334 g/mol. The predicted molar refractivity (Wildman–Crippen MR) is 86.8 cm³/mol. The molecule has 0 saturated heterocycles. The molecule has 0 saturated carbocycles. The van der Waals surface area contributed by atoms with Gasteiger partial charge in [0.1, 0.15) is 12.2 Å². The summed E-state index contributed by atoms with van der Waals surface area (Å²) in [6.07, 6.45) is 1.51. The second-order valence-corrected chi connectivity index (χ2v) is 6.05. The Balaban J connectivity index is 1.68. The Morgan fingerprint density at radius 3 is 2.96 bits per heavy atom. The molecule has 0 atom stereocenters. The zero-order chi connectivity index (χ0) is 16.7. The number of carboxylic acids is 1. The van der Waals surface area contributed by atoms with Crippen molar-refractivity contribution in [3.05, 3.63) is 47.3 Å². The number of aryl methyl sites for hydroxylation is 1. The smallest absolute Gasteiger partial charge is 0.325 e. The summed E-state index contributed by atoms with van der Waals surface area (Å²) in [6.45, 7) is 2.04. The van der Waals surface area contributed by atoms with Crippen LogP contribution in [0.2, 0.25) is 0 Å². The molecule has 0 spiro atoms. The van der Waals surface area contributed by atoms with Crippen LogP contribution < -0.4 is 5.32 Å². The van der Waals surface area contributed by atoms with Crippen LogP contribution in [-0.4, -0.2) is 37.7 Å². The van der Waals surface area contributed by atoms with E-state index in [1.54, 1.807) is 11.8 Å². The molecule has 2 aromatic rings. The first kappa shape index (κ1) is 17.0. The van der Waals surface area contributed by atoms with Gasteiger partial charge >= 0.3 is 5.97 Å². The largest absolute Gasteiger partial charge is 0.480 e. The number of amides is 1. The lowest BCUT2D eigenvalue weighted by Gasteiger charge is -2.04. The van der Waals surface area contributed by atoms with Gasteiger partial charge in [-0.2, -0.15) is 0 Å². The van der Waals surface area contributed by atoms with Crippen LogP contribution in [0.4, 0.5) is 0 Å². The minimum Gasteiger partial charge on any atom is -0.480 e. The molecule has 0 bridgehead atoms. The van der Waals surface area contributed by atoms with Gasteiger partial charge in [0.15, 0.2) is 0 Å². The van der Waals surface area contributed by atoms with Crippen molar-refractivity contribution in [1.82, 2.24) is 20.3 Å². The lowest BCUT2D eigenvalue weighted by atomic mass is 10.2. The Morgan fingerprint density at radius 2 is 2.22 bits per heavy atom. The number of hydrogen-bond donors (Lipinski definition) is 2. The minimum absolute atomic E-state index is 0.0876.